The fourth-order valence-corrected chi connectivity index (χ4v) is 6.73. The lowest BCUT2D eigenvalue weighted by Gasteiger charge is -2.32. The topological polar surface area (TPSA) is 0 Å². The number of hydrogen-bond acceptors (Lipinski definition) is 0. The van der Waals surface area contributed by atoms with Crippen LogP contribution in [0.1, 0.15) is 41.5 Å². The highest BCUT2D eigenvalue weighted by atomic mass is 28.3. The smallest absolute Gasteiger partial charge is 0.0436 e. The molecule has 0 fully saturated rings. The first-order chi connectivity index (χ1) is 9.25. The summed E-state index contributed by atoms with van der Waals surface area (Å²) in [5, 5.41) is 0. The highest BCUT2D eigenvalue weighted by Gasteiger charge is 2.35. The van der Waals surface area contributed by atoms with E-state index in [2.05, 4.69) is 66.8 Å². The van der Waals surface area contributed by atoms with Gasteiger partial charge in [0, 0.05) is 8.80 Å². The van der Waals surface area contributed by atoms with E-state index in [0.29, 0.717) is 11.8 Å². The number of allylic oxidation sites excluding steroid dienone is 8. The quantitative estimate of drug-likeness (QED) is 0.586. The molecule has 0 saturated carbocycles. The van der Waals surface area contributed by atoms with Crippen LogP contribution in [0.3, 0.4) is 0 Å². The normalized spacial score (nSPS) is 28.4. The van der Waals surface area contributed by atoms with Gasteiger partial charge in [-0.3, -0.25) is 0 Å². The summed E-state index contributed by atoms with van der Waals surface area (Å²) in [5.41, 5.74) is 10.4. The molecule has 0 aliphatic heterocycles. The lowest BCUT2D eigenvalue weighted by molar-refractivity contribution is 0.717. The number of rotatable bonds is 3. The molecule has 20 heavy (non-hydrogen) atoms. The Morgan fingerprint density at radius 3 is 1.35 bits per heavy atom. The van der Waals surface area contributed by atoms with Crippen LogP contribution in [0.5, 0.6) is 0 Å². The average Bonchev–Trinajstić information content (AvgIpc) is 2.72. The largest absolute Gasteiger partial charge is 0.0714 e. The summed E-state index contributed by atoms with van der Waals surface area (Å²) < 4.78 is 0. The van der Waals surface area contributed by atoms with Gasteiger partial charge in [0.05, 0.1) is 0 Å². The van der Waals surface area contributed by atoms with Crippen molar-refractivity contribution in [3.05, 3.63) is 45.6 Å². The molecular formula is C19H30Si. The van der Waals surface area contributed by atoms with Gasteiger partial charge in [0.2, 0.25) is 0 Å². The van der Waals surface area contributed by atoms with Crippen LogP contribution in [0.25, 0.3) is 0 Å². The van der Waals surface area contributed by atoms with Crippen molar-refractivity contribution in [2.45, 2.75) is 60.2 Å². The molecule has 2 unspecified atom stereocenters. The van der Waals surface area contributed by atoms with Gasteiger partial charge in [0.15, 0.2) is 0 Å². The predicted molar refractivity (Wildman–Crippen MR) is 93.9 cm³/mol. The molecule has 0 spiro atoms. The van der Waals surface area contributed by atoms with Crippen LogP contribution in [-0.2, 0) is 0 Å². The zero-order valence-corrected chi connectivity index (χ0v) is 15.6. The van der Waals surface area contributed by atoms with Crippen LogP contribution < -0.4 is 0 Å². The van der Waals surface area contributed by atoms with Crippen molar-refractivity contribution >= 4 is 8.80 Å². The van der Waals surface area contributed by atoms with E-state index >= 15 is 0 Å². The minimum Gasteiger partial charge on any atom is -0.0714 e. The van der Waals surface area contributed by atoms with Gasteiger partial charge in [0.1, 0.15) is 0 Å². The SMILES string of the molecule is CC1=CC(C)=C(C(C2=C(C)C=C(C)C2C)[SiH](C)C)C1C. The van der Waals surface area contributed by atoms with Gasteiger partial charge >= 0.3 is 0 Å². The van der Waals surface area contributed by atoms with Crippen molar-refractivity contribution in [1.82, 2.24) is 0 Å². The Kier molecular flexibility index (Phi) is 4.29. The standard InChI is InChI=1S/C19H30Si/c1-11-9-13(3)17(15(11)5)19(20(7)8)18-14(4)10-12(2)16(18)6/h9-10,15-16,19-20H,1-8H3. The minimum atomic E-state index is -0.783. The molecular weight excluding hydrogens is 256 g/mol. The molecule has 0 amide bonds. The molecule has 1 heteroatoms. The summed E-state index contributed by atoms with van der Waals surface area (Å²) in [7, 11) is -0.783. The number of hydrogen-bond donors (Lipinski definition) is 0. The molecule has 0 bridgehead atoms. The van der Waals surface area contributed by atoms with E-state index in [1.807, 2.05) is 0 Å². The van der Waals surface area contributed by atoms with Crippen molar-refractivity contribution in [2.24, 2.45) is 11.8 Å². The van der Waals surface area contributed by atoms with Gasteiger partial charge in [-0.2, -0.15) is 0 Å². The van der Waals surface area contributed by atoms with Crippen molar-refractivity contribution in [3.8, 4) is 0 Å². The van der Waals surface area contributed by atoms with E-state index in [0.717, 1.165) is 5.54 Å². The van der Waals surface area contributed by atoms with Gasteiger partial charge in [-0.15, -0.1) is 0 Å². The molecule has 0 N–H and O–H groups in total. The van der Waals surface area contributed by atoms with Crippen LogP contribution in [0.15, 0.2) is 45.6 Å². The monoisotopic (exact) mass is 286 g/mol. The zero-order chi connectivity index (χ0) is 15.2. The molecule has 2 aliphatic rings. The third kappa shape index (κ3) is 2.41. The highest BCUT2D eigenvalue weighted by Crippen LogP contribution is 2.49. The summed E-state index contributed by atoms with van der Waals surface area (Å²) in [6.07, 6.45) is 4.83. The summed E-state index contributed by atoms with van der Waals surface area (Å²) >= 11 is 0. The minimum absolute atomic E-state index is 0.642. The Morgan fingerprint density at radius 2 is 1.15 bits per heavy atom. The third-order valence-electron chi connectivity index (χ3n) is 5.43. The molecule has 2 rings (SSSR count). The van der Waals surface area contributed by atoms with Crippen molar-refractivity contribution in [2.75, 3.05) is 0 Å². The molecule has 0 nitrogen and oxygen atoms in total. The molecule has 0 aromatic rings. The fraction of sp³-hybridized carbons (Fsp3) is 0.579. The molecule has 0 radical (unpaired) electrons. The lowest BCUT2D eigenvalue weighted by atomic mass is 9.86. The van der Waals surface area contributed by atoms with Crippen LogP contribution in [-0.4, -0.2) is 8.80 Å². The molecule has 0 heterocycles. The Morgan fingerprint density at radius 1 is 0.800 bits per heavy atom. The van der Waals surface area contributed by atoms with Crippen molar-refractivity contribution < 1.29 is 0 Å². The summed E-state index contributed by atoms with van der Waals surface area (Å²) in [5.74, 6) is 1.28. The maximum absolute atomic E-state index is 2.52. The van der Waals surface area contributed by atoms with E-state index in [1.165, 1.54) is 0 Å². The van der Waals surface area contributed by atoms with Gasteiger partial charge in [0.25, 0.3) is 0 Å². The molecule has 0 saturated heterocycles. The highest BCUT2D eigenvalue weighted by molar-refractivity contribution is 6.59. The Bertz CT molecular complexity index is 494. The summed E-state index contributed by atoms with van der Waals surface area (Å²) in [6, 6.07) is 0. The van der Waals surface area contributed by atoms with Crippen molar-refractivity contribution in [1.29, 1.82) is 0 Å². The first-order valence-corrected chi connectivity index (χ1v) is 11.0. The average molecular weight is 287 g/mol. The lowest BCUT2D eigenvalue weighted by Crippen LogP contribution is -2.23. The zero-order valence-electron chi connectivity index (χ0n) is 14.5. The molecule has 2 aliphatic carbocycles. The molecule has 2 atom stereocenters. The maximum Gasteiger partial charge on any atom is 0.0436 e. The summed E-state index contributed by atoms with van der Waals surface area (Å²) in [4.78, 5) is 0. The third-order valence-corrected chi connectivity index (χ3v) is 7.49. The van der Waals surface area contributed by atoms with Gasteiger partial charge in [-0.25, -0.2) is 0 Å². The second-order valence-corrected chi connectivity index (χ2v) is 10.4. The van der Waals surface area contributed by atoms with E-state index in [4.69, 9.17) is 0 Å². The summed E-state index contributed by atoms with van der Waals surface area (Å²) in [6.45, 7) is 19.1. The van der Waals surface area contributed by atoms with Crippen LogP contribution in [0, 0.1) is 11.8 Å². The Balaban J connectivity index is 2.47. The van der Waals surface area contributed by atoms with E-state index in [1.54, 1.807) is 33.4 Å². The van der Waals surface area contributed by atoms with E-state index in [9.17, 15) is 0 Å². The fourth-order valence-electron chi connectivity index (χ4n) is 4.19. The van der Waals surface area contributed by atoms with Gasteiger partial charge in [-0.05, 0) is 45.1 Å². The first kappa shape index (κ1) is 15.6. The maximum atomic E-state index is 2.52. The van der Waals surface area contributed by atoms with E-state index < -0.39 is 8.80 Å². The second-order valence-electron chi connectivity index (χ2n) is 7.22. The molecule has 0 aromatic heterocycles. The molecule has 110 valence electrons. The first-order valence-electron chi connectivity index (χ1n) is 8.03. The predicted octanol–water partition coefficient (Wildman–Crippen LogP) is 5.67. The van der Waals surface area contributed by atoms with Crippen LogP contribution in [0.2, 0.25) is 18.6 Å². The Hall–Kier alpha value is -0.823. The second kappa shape index (κ2) is 5.52. The van der Waals surface area contributed by atoms with Crippen LogP contribution >= 0.6 is 0 Å². The van der Waals surface area contributed by atoms with Crippen molar-refractivity contribution in [3.63, 3.8) is 0 Å². The van der Waals surface area contributed by atoms with Gasteiger partial charge in [-0.1, -0.05) is 72.5 Å². The van der Waals surface area contributed by atoms with Crippen LogP contribution in [0.4, 0.5) is 0 Å². The van der Waals surface area contributed by atoms with E-state index in [-0.39, 0.29) is 0 Å². The Labute approximate surface area is 127 Å². The molecule has 0 aromatic carbocycles. The van der Waals surface area contributed by atoms with Gasteiger partial charge < -0.3 is 0 Å².